The number of aromatic nitrogens is 2. The fraction of sp³-hybridized carbons (Fsp3) is 0.389. The second-order valence-electron chi connectivity index (χ2n) is 6.55. The van der Waals surface area contributed by atoms with E-state index in [9.17, 15) is 24.8 Å². The van der Waals surface area contributed by atoms with E-state index in [-0.39, 0.29) is 17.1 Å². The fourth-order valence-electron chi connectivity index (χ4n) is 3.41. The Labute approximate surface area is 155 Å². The predicted molar refractivity (Wildman–Crippen MR) is 95.7 cm³/mol. The number of amides is 1. The standard InChI is InChI=1S/C18H20N4O5/c23-17(19-13-7-3-1-2-6-12(13)18(24)25)14-10-11-21(20-14)15-8-4-5-9-16(15)22(26)27/h4-5,8-13H,1-3,6-7H2,(H,19,23)(H,24,25)/t12-,13+/m1/s1. The van der Waals surface area contributed by atoms with Crippen LogP contribution in [0.1, 0.15) is 42.6 Å². The Kier molecular flexibility index (Phi) is 5.49. The van der Waals surface area contributed by atoms with Crippen molar-refractivity contribution in [2.45, 2.75) is 38.1 Å². The number of nitro benzene ring substituents is 1. The van der Waals surface area contributed by atoms with Crippen molar-refractivity contribution in [1.29, 1.82) is 0 Å². The van der Waals surface area contributed by atoms with E-state index in [1.807, 2.05) is 0 Å². The second-order valence-corrected chi connectivity index (χ2v) is 6.55. The molecule has 0 bridgehead atoms. The Hall–Kier alpha value is -3.23. The topological polar surface area (TPSA) is 127 Å². The van der Waals surface area contributed by atoms with Gasteiger partial charge in [0.05, 0.1) is 10.8 Å². The van der Waals surface area contributed by atoms with Gasteiger partial charge < -0.3 is 10.4 Å². The molecule has 0 unspecified atom stereocenters. The van der Waals surface area contributed by atoms with Crippen molar-refractivity contribution in [2.24, 2.45) is 5.92 Å². The summed E-state index contributed by atoms with van der Waals surface area (Å²) in [6.45, 7) is 0. The zero-order valence-corrected chi connectivity index (χ0v) is 14.6. The van der Waals surface area contributed by atoms with Crippen molar-refractivity contribution >= 4 is 17.6 Å². The summed E-state index contributed by atoms with van der Waals surface area (Å²) in [5, 5.41) is 27.5. The van der Waals surface area contributed by atoms with Crippen LogP contribution in [0.3, 0.4) is 0 Å². The molecule has 0 aliphatic heterocycles. The van der Waals surface area contributed by atoms with Crippen molar-refractivity contribution in [1.82, 2.24) is 15.1 Å². The third kappa shape index (κ3) is 4.13. The Morgan fingerprint density at radius 2 is 1.93 bits per heavy atom. The van der Waals surface area contributed by atoms with Crippen molar-refractivity contribution < 1.29 is 19.6 Å². The first kappa shape index (κ1) is 18.6. The van der Waals surface area contributed by atoms with E-state index in [1.54, 1.807) is 18.2 Å². The molecule has 1 aromatic heterocycles. The number of aliphatic carboxylic acids is 1. The number of hydrogen-bond donors (Lipinski definition) is 2. The Morgan fingerprint density at radius 1 is 1.19 bits per heavy atom. The minimum atomic E-state index is -0.910. The monoisotopic (exact) mass is 372 g/mol. The molecule has 3 rings (SSSR count). The second kappa shape index (κ2) is 7.98. The highest BCUT2D eigenvalue weighted by Crippen LogP contribution is 2.25. The molecule has 1 heterocycles. The van der Waals surface area contributed by atoms with Gasteiger partial charge in [0.1, 0.15) is 5.69 Å². The van der Waals surface area contributed by atoms with Gasteiger partial charge in [0, 0.05) is 18.3 Å². The Balaban J connectivity index is 1.79. The number of carboxylic acid groups (broad SMARTS) is 1. The van der Waals surface area contributed by atoms with E-state index >= 15 is 0 Å². The zero-order valence-electron chi connectivity index (χ0n) is 14.6. The number of carboxylic acids is 1. The van der Waals surface area contributed by atoms with Gasteiger partial charge in [0.2, 0.25) is 0 Å². The molecule has 1 fully saturated rings. The van der Waals surface area contributed by atoms with Crippen LogP contribution in [0.4, 0.5) is 5.69 Å². The van der Waals surface area contributed by atoms with Gasteiger partial charge in [-0.1, -0.05) is 31.4 Å². The molecular weight excluding hydrogens is 352 g/mol. The number of nitrogens with one attached hydrogen (secondary N) is 1. The summed E-state index contributed by atoms with van der Waals surface area (Å²) in [6, 6.07) is 7.11. The molecule has 27 heavy (non-hydrogen) atoms. The number of rotatable bonds is 5. The lowest BCUT2D eigenvalue weighted by atomic mass is 9.95. The fourth-order valence-corrected chi connectivity index (χ4v) is 3.41. The van der Waals surface area contributed by atoms with Crippen molar-refractivity contribution in [2.75, 3.05) is 0 Å². The first-order valence-corrected chi connectivity index (χ1v) is 8.80. The molecule has 0 spiro atoms. The summed E-state index contributed by atoms with van der Waals surface area (Å²) in [5.74, 6) is -2.01. The zero-order chi connectivity index (χ0) is 19.4. The van der Waals surface area contributed by atoms with Crippen LogP contribution in [0.5, 0.6) is 0 Å². The van der Waals surface area contributed by atoms with Crippen LogP contribution in [-0.2, 0) is 4.79 Å². The average Bonchev–Trinajstić information content (AvgIpc) is 3.02. The Morgan fingerprint density at radius 3 is 2.67 bits per heavy atom. The van der Waals surface area contributed by atoms with Gasteiger partial charge in [0.25, 0.3) is 11.6 Å². The molecule has 9 nitrogen and oxygen atoms in total. The number of para-hydroxylation sites is 2. The maximum absolute atomic E-state index is 12.5. The van der Waals surface area contributed by atoms with Crippen LogP contribution < -0.4 is 5.32 Å². The summed E-state index contributed by atoms with van der Waals surface area (Å²) in [7, 11) is 0. The number of hydrogen-bond acceptors (Lipinski definition) is 5. The van der Waals surface area contributed by atoms with Crippen molar-refractivity contribution in [3.8, 4) is 5.69 Å². The molecule has 2 aromatic rings. The van der Waals surface area contributed by atoms with E-state index < -0.39 is 28.8 Å². The van der Waals surface area contributed by atoms with Crippen LogP contribution in [0.2, 0.25) is 0 Å². The molecular formula is C18H20N4O5. The molecule has 9 heteroatoms. The van der Waals surface area contributed by atoms with Gasteiger partial charge in [-0.05, 0) is 25.0 Å². The Bertz CT molecular complexity index is 863. The molecule has 1 saturated carbocycles. The van der Waals surface area contributed by atoms with Gasteiger partial charge in [-0.3, -0.25) is 19.7 Å². The van der Waals surface area contributed by atoms with E-state index in [2.05, 4.69) is 10.4 Å². The van der Waals surface area contributed by atoms with E-state index in [4.69, 9.17) is 0 Å². The number of carbonyl (C=O) groups is 2. The quantitative estimate of drug-likeness (QED) is 0.472. The lowest BCUT2D eigenvalue weighted by Gasteiger charge is -2.22. The van der Waals surface area contributed by atoms with E-state index in [0.29, 0.717) is 12.8 Å². The smallest absolute Gasteiger partial charge is 0.308 e. The summed E-state index contributed by atoms with van der Waals surface area (Å²) in [5.41, 5.74) is 0.211. The maximum atomic E-state index is 12.5. The molecule has 1 aromatic carbocycles. The SMILES string of the molecule is O=C(N[C@H]1CCCCC[C@H]1C(=O)O)c1ccn(-c2ccccc2[N+](=O)[O-])n1. The third-order valence-corrected chi connectivity index (χ3v) is 4.80. The number of nitro groups is 1. The lowest BCUT2D eigenvalue weighted by molar-refractivity contribution is -0.384. The molecule has 0 radical (unpaired) electrons. The third-order valence-electron chi connectivity index (χ3n) is 4.80. The highest BCUT2D eigenvalue weighted by atomic mass is 16.6. The van der Waals surface area contributed by atoms with Crippen molar-refractivity contribution in [3.63, 3.8) is 0 Å². The van der Waals surface area contributed by atoms with Gasteiger partial charge in [0.15, 0.2) is 5.69 Å². The van der Waals surface area contributed by atoms with E-state index in [1.165, 1.54) is 23.0 Å². The van der Waals surface area contributed by atoms with Crippen LogP contribution >= 0.6 is 0 Å². The number of benzene rings is 1. The summed E-state index contributed by atoms with van der Waals surface area (Å²) in [6.07, 6.45) is 5.25. The van der Waals surface area contributed by atoms with E-state index in [0.717, 1.165) is 19.3 Å². The number of carbonyl (C=O) groups excluding carboxylic acids is 1. The molecule has 142 valence electrons. The first-order chi connectivity index (χ1) is 13.0. The maximum Gasteiger partial charge on any atom is 0.308 e. The van der Waals surface area contributed by atoms with Gasteiger partial charge in [-0.2, -0.15) is 5.10 Å². The summed E-state index contributed by atoms with van der Waals surface area (Å²) in [4.78, 5) is 34.7. The van der Waals surface area contributed by atoms with Crippen molar-refractivity contribution in [3.05, 3.63) is 52.3 Å². The highest BCUT2D eigenvalue weighted by molar-refractivity contribution is 5.92. The lowest BCUT2D eigenvalue weighted by Crippen LogP contribution is -2.43. The minimum absolute atomic E-state index is 0.0848. The molecule has 1 aliphatic rings. The largest absolute Gasteiger partial charge is 0.481 e. The summed E-state index contributed by atoms with van der Waals surface area (Å²) < 4.78 is 1.27. The summed E-state index contributed by atoms with van der Waals surface area (Å²) >= 11 is 0. The van der Waals surface area contributed by atoms with Crippen LogP contribution in [0, 0.1) is 16.0 Å². The van der Waals surface area contributed by atoms with Gasteiger partial charge >= 0.3 is 5.97 Å². The molecule has 2 atom stereocenters. The van der Waals surface area contributed by atoms with Crippen LogP contribution in [0.25, 0.3) is 5.69 Å². The minimum Gasteiger partial charge on any atom is -0.481 e. The normalized spacial score (nSPS) is 19.9. The predicted octanol–water partition coefficient (Wildman–Crippen LogP) is 2.54. The average molecular weight is 372 g/mol. The molecule has 1 aliphatic carbocycles. The highest BCUT2D eigenvalue weighted by Gasteiger charge is 2.31. The van der Waals surface area contributed by atoms with Gasteiger partial charge in [-0.25, -0.2) is 4.68 Å². The first-order valence-electron chi connectivity index (χ1n) is 8.80. The van der Waals surface area contributed by atoms with Gasteiger partial charge in [-0.15, -0.1) is 0 Å². The molecule has 2 N–H and O–H groups in total. The van der Waals surface area contributed by atoms with Crippen LogP contribution in [0.15, 0.2) is 36.5 Å². The van der Waals surface area contributed by atoms with Crippen LogP contribution in [-0.4, -0.2) is 37.7 Å². The molecule has 0 saturated heterocycles. The number of nitrogens with zero attached hydrogens (tertiary/aromatic N) is 3. The molecule has 1 amide bonds.